The highest BCUT2D eigenvalue weighted by Gasteiger charge is 2.21. The van der Waals surface area contributed by atoms with E-state index in [4.69, 9.17) is 0 Å². The molecule has 1 aromatic heterocycles. The van der Waals surface area contributed by atoms with Crippen LogP contribution in [0.4, 0.5) is 5.13 Å². The molecule has 0 aromatic carbocycles. The zero-order valence-electron chi connectivity index (χ0n) is 11.5. The number of anilines is 1. The molecule has 0 spiro atoms. The Labute approximate surface area is 118 Å². The van der Waals surface area contributed by atoms with Crippen LogP contribution in [-0.2, 0) is 6.54 Å². The van der Waals surface area contributed by atoms with Crippen LogP contribution in [0.2, 0.25) is 0 Å². The lowest BCUT2D eigenvalue weighted by Crippen LogP contribution is -2.40. The van der Waals surface area contributed by atoms with E-state index in [9.17, 15) is 0 Å². The van der Waals surface area contributed by atoms with Gasteiger partial charge in [-0.2, -0.15) is 11.8 Å². The molecule has 0 saturated carbocycles. The molecule has 1 aliphatic heterocycles. The van der Waals surface area contributed by atoms with Crippen molar-refractivity contribution in [2.24, 2.45) is 5.92 Å². The van der Waals surface area contributed by atoms with Crippen molar-refractivity contribution in [1.29, 1.82) is 0 Å². The van der Waals surface area contributed by atoms with Gasteiger partial charge in [-0.25, -0.2) is 4.98 Å². The predicted octanol–water partition coefficient (Wildman–Crippen LogP) is 2.83. The Balaban J connectivity index is 1.88. The van der Waals surface area contributed by atoms with Gasteiger partial charge in [-0.05, 0) is 19.4 Å². The van der Waals surface area contributed by atoms with E-state index >= 15 is 0 Å². The maximum absolute atomic E-state index is 4.58. The van der Waals surface area contributed by atoms with Gasteiger partial charge in [-0.15, -0.1) is 11.3 Å². The van der Waals surface area contributed by atoms with Crippen LogP contribution in [0.15, 0.2) is 6.20 Å². The van der Waals surface area contributed by atoms with Crippen LogP contribution in [0.25, 0.3) is 0 Å². The van der Waals surface area contributed by atoms with Crippen LogP contribution in [0, 0.1) is 5.92 Å². The summed E-state index contributed by atoms with van der Waals surface area (Å²) in [6.45, 7) is 9.93. The van der Waals surface area contributed by atoms with Crippen LogP contribution in [0.3, 0.4) is 0 Å². The van der Waals surface area contributed by atoms with Crippen LogP contribution in [0.1, 0.15) is 25.6 Å². The number of nitrogens with one attached hydrogen (secondary N) is 1. The third-order valence-corrected chi connectivity index (χ3v) is 5.23. The molecule has 1 fully saturated rings. The van der Waals surface area contributed by atoms with Crippen LogP contribution in [-0.4, -0.2) is 35.6 Å². The number of hydrogen-bond acceptors (Lipinski definition) is 5. The SMILES string of the molecule is CC(C)CNCc1cnc(N2CCSCC2C)s1. The van der Waals surface area contributed by atoms with Gasteiger partial charge < -0.3 is 10.2 Å². The first-order chi connectivity index (χ1) is 8.66. The summed E-state index contributed by atoms with van der Waals surface area (Å²) in [6, 6.07) is 0.617. The van der Waals surface area contributed by atoms with Crippen molar-refractivity contribution >= 4 is 28.2 Å². The number of aromatic nitrogens is 1. The summed E-state index contributed by atoms with van der Waals surface area (Å²) < 4.78 is 0. The molecule has 2 heterocycles. The van der Waals surface area contributed by atoms with Gasteiger partial charge in [0, 0.05) is 41.7 Å². The lowest BCUT2D eigenvalue weighted by Gasteiger charge is -2.32. The summed E-state index contributed by atoms with van der Waals surface area (Å²) in [5.74, 6) is 3.15. The monoisotopic (exact) mass is 285 g/mol. The number of nitrogens with zero attached hydrogens (tertiary/aromatic N) is 2. The fourth-order valence-electron chi connectivity index (χ4n) is 2.01. The first kappa shape index (κ1) is 14.2. The van der Waals surface area contributed by atoms with E-state index in [1.807, 2.05) is 29.3 Å². The third kappa shape index (κ3) is 3.87. The van der Waals surface area contributed by atoms with Gasteiger partial charge in [0.05, 0.1) is 0 Å². The molecule has 1 aliphatic rings. The maximum Gasteiger partial charge on any atom is 0.185 e. The van der Waals surface area contributed by atoms with Gasteiger partial charge in [0.25, 0.3) is 0 Å². The Morgan fingerprint density at radius 2 is 2.39 bits per heavy atom. The Hall–Kier alpha value is -0.260. The van der Waals surface area contributed by atoms with Gasteiger partial charge in [0.15, 0.2) is 5.13 Å². The Morgan fingerprint density at radius 3 is 3.11 bits per heavy atom. The number of rotatable bonds is 5. The summed E-state index contributed by atoms with van der Waals surface area (Å²) in [5, 5.41) is 4.67. The smallest absolute Gasteiger partial charge is 0.185 e. The predicted molar refractivity (Wildman–Crippen MR) is 82.8 cm³/mol. The van der Waals surface area contributed by atoms with Crippen molar-refractivity contribution in [3.05, 3.63) is 11.1 Å². The average Bonchev–Trinajstić information content (AvgIpc) is 2.78. The summed E-state index contributed by atoms with van der Waals surface area (Å²) in [7, 11) is 0. The Bertz CT molecular complexity index is 365. The maximum atomic E-state index is 4.58. The molecule has 0 radical (unpaired) electrons. The minimum atomic E-state index is 0.617. The van der Waals surface area contributed by atoms with Gasteiger partial charge in [0.2, 0.25) is 0 Å². The molecule has 102 valence electrons. The molecule has 0 aliphatic carbocycles. The second-order valence-electron chi connectivity index (χ2n) is 5.25. The Morgan fingerprint density at radius 1 is 1.56 bits per heavy atom. The van der Waals surface area contributed by atoms with Crippen LogP contribution >= 0.6 is 23.1 Å². The van der Waals surface area contributed by atoms with Crippen molar-refractivity contribution in [1.82, 2.24) is 10.3 Å². The number of thiazole rings is 1. The van der Waals surface area contributed by atoms with E-state index in [2.05, 4.69) is 36.0 Å². The molecular formula is C13H23N3S2. The minimum Gasteiger partial charge on any atom is -0.344 e. The fourth-order valence-corrected chi connectivity index (χ4v) is 4.03. The average molecular weight is 285 g/mol. The van der Waals surface area contributed by atoms with Gasteiger partial charge in [0.1, 0.15) is 0 Å². The molecule has 1 unspecified atom stereocenters. The van der Waals surface area contributed by atoms with Gasteiger partial charge in [-0.3, -0.25) is 0 Å². The highest BCUT2D eigenvalue weighted by molar-refractivity contribution is 7.99. The fraction of sp³-hybridized carbons (Fsp3) is 0.769. The largest absolute Gasteiger partial charge is 0.344 e. The van der Waals surface area contributed by atoms with E-state index in [1.54, 1.807) is 0 Å². The molecule has 1 atom stereocenters. The molecule has 3 nitrogen and oxygen atoms in total. The lowest BCUT2D eigenvalue weighted by atomic mass is 10.2. The Kier molecular flexibility index (Phi) is 5.33. The molecule has 0 amide bonds. The topological polar surface area (TPSA) is 28.2 Å². The standard InChI is InChI=1S/C13H23N3S2/c1-10(2)6-14-7-12-8-15-13(18-12)16-4-5-17-9-11(16)3/h8,10-11,14H,4-7,9H2,1-3H3. The number of thioether (sulfide) groups is 1. The summed E-state index contributed by atoms with van der Waals surface area (Å²) in [4.78, 5) is 8.38. The van der Waals surface area contributed by atoms with Gasteiger partial charge in [-0.1, -0.05) is 13.8 Å². The van der Waals surface area contributed by atoms with E-state index < -0.39 is 0 Å². The van der Waals surface area contributed by atoms with Crippen molar-refractivity contribution in [3.63, 3.8) is 0 Å². The summed E-state index contributed by atoms with van der Waals surface area (Å²) >= 11 is 3.89. The van der Waals surface area contributed by atoms with Crippen LogP contribution < -0.4 is 10.2 Å². The highest BCUT2D eigenvalue weighted by atomic mass is 32.2. The van der Waals surface area contributed by atoms with Crippen LogP contribution in [0.5, 0.6) is 0 Å². The molecule has 5 heteroatoms. The van der Waals surface area contributed by atoms with Crippen molar-refractivity contribution < 1.29 is 0 Å². The molecule has 1 aromatic rings. The lowest BCUT2D eigenvalue weighted by molar-refractivity contribution is 0.554. The third-order valence-electron chi connectivity index (χ3n) is 3.01. The molecule has 1 saturated heterocycles. The number of hydrogen-bond donors (Lipinski definition) is 1. The van der Waals surface area contributed by atoms with Crippen molar-refractivity contribution in [2.45, 2.75) is 33.4 Å². The molecule has 2 rings (SSSR count). The zero-order valence-corrected chi connectivity index (χ0v) is 13.1. The molecular weight excluding hydrogens is 262 g/mol. The van der Waals surface area contributed by atoms with Crippen molar-refractivity contribution in [3.8, 4) is 0 Å². The van der Waals surface area contributed by atoms with E-state index in [0.29, 0.717) is 12.0 Å². The van der Waals surface area contributed by atoms with E-state index in [1.165, 1.54) is 21.5 Å². The highest BCUT2D eigenvalue weighted by Crippen LogP contribution is 2.28. The zero-order chi connectivity index (χ0) is 13.0. The van der Waals surface area contributed by atoms with E-state index in [0.717, 1.165) is 19.6 Å². The minimum absolute atomic E-state index is 0.617. The van der Waals surface area contributed by atoms with E-state index in [-0.39, 0.29) is 0 Å². The molecule has 0 bridgehead atoms. The second-order valence-corrected chi connectivity index (χ2v) is 7.49. The van der Waals surface area contributed by atoms with Crippen molar-refractivity contribution in [2.75, 3.05) is 29.5 Å². The van der Waals surface area contributed by atoms with Gasteiger partial charge >= 0.3 is 0 Å². The second kappa shape index (κ2) is 6.78. The summed E-state index contributed by atoms with van der Waals surface area (Å²) in [6.07, 6.45) is 2.03. The molecule has 18 heavy (non-hydrogen) atoms. The summed E-state index contributed by atoms with van der Waals surface area (Å²) in [5.41, 5.74) is 0. The first-order valence-electron chi connectivity index (χ1n) is 6.66. The molecule has 1 N–H and O–H groups in total. The normalized spacial score (nSPS) is 20.7. The quantitative estimate of drug-likeness (QED) is 0.900. The first-order valence-corrected chi connectivity index (χ1v) is 8.63.